The molecule has 11 heteroatoms. The van der Waals surface area contributed by atoms with Crippen LogP contribution in [0.2, 0.25) is 0 Å². The highest BCUT2D eigenvalue weighted by atomic mass is 16.6. The van der Waals surface area contributed by atoms with Gasteiger partial charge in [0.2, 0.25) is 28.9 Å². The molecule has 0 aliphatic carbocycles. The van der Waals surface area contributed by atoms with E-state index in [1.807, 2.05) is 62.3 Å². The summed E-state index contributed by atoms with van der Waals surface area (Å²) in [7, 11) is 1.33. The van der Waals surface area contributed by atoms with E-state index in [1.165, 1.54) is 7.05 Å². The Morgan fingerprint density at radius 3 is 0.843 bits per heavy atom. The number of Topliss-reactive ketones (excluding diaryl/α,β-unsaturated/α-hetero) is 8. The fourth-order valence-corrected chi connectivity index (χ4v) is 10.7. The minimum atomic E-state index is -3.22. The van der Waals surface area contributed by atoms with Crippen LogP contribution in [-0.4, -0.2) is 87.0 Å². The predicted octanol–water partition coefficient (Wildman–Crippen LogP) is 14.0. The van der Waals surface area contributed by atoms with Crippen LogP contribution in [0.1, 0.15) is 293 Å². The summed E-state index contributed by atoms with van der Waals surface area (Å²) in [6.45, 7) is 16.8. The Bertz CT molecular complexity index is 1500. The average molecular weight is 987 g/mol. The number of ketones is 8. The zero-order chi connectivity index (χ0) is 53.1. The SMILES string of the molecule is CCCCCC(=O)C[N+](C)(C(C(=O)CCCCC)(C(=O)CCCCC)C(=O)CCCCC)C(C(=O)CCCCC)(C(=O)CCCCC)C(OC(=O)CCCCC)(C(=O)CCCCC)C(=O)CCCCC. The molecule has 0 aromatic heterocycles. The molecule has 0 N–H and O–H groups in total. The van der Waals surface area contributed by atoms with E-state index < -0.39 is 79.9 Å². The minimum absolute atomic E-state index is 0.0708. The van der Waals surface area contributed by atoms with Crippen molar-refractivity contribution in [2.45, 2.75) is 310 Å². The monoisotopic (exact) mass is 987 g/mol. The predicted molar refractivity (Wildman–Crippen MR) is 283 cm³/mol. The van der Waals surface area contributed by atoms with E-state index in [1.54, 1.807) is 0 Å². The van der Waals surface area contributed by atoms with Crippen LogP contribution < -0.4 is 0 Å². The van der Waals surface area contributed by atoms with Gasteiger partial charge in [-0.3, -0.25) is 47.6 Å². The van der Waals surface area contributed by atoms with E-state index in [0.717, 1.165) is 12.8 Å². The number of unbranched alkanes of at least 4 members (excludes halogenated alkanes) is 18. The number of rotatable bonds is 49. The molecule has 0 aliphatic heterocycles. The topological polar surface area (TPSA) is 163 Å². The Kier molecular flexibility index (Phi) is 35.8. The highest BCUT2D eigenvalue weighted by molar-refractivity contribution is 6.31. The van der Waals surface area contributed by atoms with Crippen LogP contribution in [-0.2, 0) is 47.9 Å². The van der Waals surface area contributed by atoms with Crippen LogP contribution in [0.15, 0.2) is 0 Å². The highest BCUT2D eigenvalue weighted by Gasteiger charge is 2.85. The van der Waals surface area contributed by atoms with Crippen molar-refractivity contribution in [2.75, 3.05) is 13.6 Å². The molecule has 0 amide bonds. The van der Waals surface area contributed by atoms with Crippen molar-refractivity contribution in [1.82, 2.24) is 0 Å². The average Bonchev–Trinajstić information content (AvgIpc) is 3.32. The van der Waals surface area contributed by atoms with Gasteiger partial charge in [-0.15, -0.1) is 0 Å². The normalized spacial score (nSPS) is 12.9. The van der Waals surface area contributed by atoms with E-state index in [0.29, 0.717) is 116 Å². The highest BCUT2D eigenvalue weighted by Crippen LogP contribution is 2.51. The second-order valence-corrected chi connectivity index (χ2v) is 20.5. The zero-order valence-corrected chi connectivity index (χ0v) is 46.7. The van der Waals surface area contributed by atoms with Crippen molar-refractivity contribution in [3.05, 3.63) is 0 Å². The van der Waals surface area contributed by atoms with Crippen LogP contribution in [0.4, 0.5) is 0 Å². The van der Waals surface area contributed by atoms with Crippen molar-refractivity contribution < 1.29 is 52.4 Å². The van der Waals surface area contributed by atoms with Crippen LogP contribution in [0.25, 0.3) is 0 Å². The second kappa shape index (κ2) is 37.5. The largest absolute Gasteiger partial charge is 0.435 e. The first kappa shape index (κ1) is 66.8. The Morgan fingerprint density at radius 2 is 0.557 bits per heavy atom. The molecular weight excluding hydrogens is 883 g/mol. The molecule has 0 rings (SSSR count). The van der Waals surface area contributed by atoms with Crippen molar-refractivity contribution in [3.8, 4) is 0 Å². The van der Waals surface area contributed by atoms with Crippen LogP contribution in [0.3, 0.4) is 0 Å². The molecule has 0 radical (unpaired) electrons. The van der Waals surface area contributed by atoms with Gasteiger partial charge in [0.15, 0.2) is 17.3 Å². The third-order valence-electron chi connectivity index (χ3n) is 14.6. The number of hydrogen-bond donors (Lipinski definition) is 0. The van der Waals surface area contributed by atoms with Gasteiger partial charge in [-0.2, -0.15) is 0 Å². The number of nitrogens with zero attached hydrogens (tertiary/aromatic N) is 1. The van der Waals surface area contributed by atoms with Gasteiger partial charge in [0.25, 0.3) is 16.7 Å². The number of esters is 1. The lowest BCUT2D eigenvalue weighted by Gasteiger charge is -2.60. The molecule has 0 aromatic carbocycles. The summed E-state index contributed by atoms with van der Waals surface area (Å²) >= 11 is 0. The third kappa shape index (κ3) is 18.1. The maximum atomic E-state index is 16.8. The number of carbonyl (C=O) groups excluding carboxylic acids is 9. The first-order chi connectivity index (χ1) is 33.5. The molecule has 0 spiro atoms. The smallest absolute Gasteiger partial charge is 0.307 e. The van der Waals surface area contributed by atoms with E-state index >= 15 is 38.4 Å². The molecule has 0 aromatic rings. The molecule has 0 aliphatic rings. The molecule has 1 atom stereocenters. The van der Waals surface area contributed by atoms with E-state index in [-0.39, 0.29) is 103 Å². The Hall–Kier alpha value is -3.21. The molecule has 404 valence electrons. The quantitative estimate of drug-likeness (QED) is 0.0248. The zero-order valence-electron chi connectivity index (χ0n) is 46.7. The second-order valence-electron chi connectivity index (χ2n) is 20.5. The van der Waals surface area contributed by atoms with E-state index in [4.69, 9.17) is 4.74 Å². The molecule has 70 heavy (non-hydrogen) atoms. The third-order valence-corrected chi connectivity index (χ3v) is 14.6. The fraction of sp³-hybridized carbons (Fsp3) is 0.847. The van der Waals surface area contributed by atoms with Gasteiger partial charge in [0, 0.05) is 57.8 Å². The number of hydrogen-bond acceptors (Lipinski definition) is 10. The van der Waals surface area contributed by atoms with E-state index in [9.17, 15) is 4.79 Å². The number of carbonyl (C=O) groups is 9. The number of ether oxygens (including phenoxy) is 1. The summed E-state index contributed by atoms with van der Waals surface area (Å²) in [6.07, 6.45) is 11.0. The van der Waals surface area contributed by atoms with Crippen molar-refractivity contribution in [1.29, 1.82) is 0 Å². The number of likely N-dealkylation sites (N-methyl/N-ethyl adjacent to an activating group) is 1. The lowest BCUT2D eigenvalue weighted by atomic mass is 9.59. The molecule has 0 bridgehead atoms. The summed E-state index contributed by atoms with van der Waals surface area (Å²) in [5.74, 6) is -7.71. The van der Waals surface area contributed by atoms with Crippen molar-refractivity contribution in [3.63, 3.8) is 0 Å². The van der Waals surface area contributed by atoms with Crippen molar-refractivity contribution >= 4 is 52.2 Å². The molecule has 0 saturated carbocycles. The Labute approximate surface area is 426 Å². The van der Waals surface area contributed by atoms with Crippen LogP contribution in [0.5, 0.6) is 0 Å². The summed E-state index contributed by atoms with van der Waals surface area (Å²) < 4.78 is 5.25. The maximum absolute atomic E-state index is 16.8. The summed E-state index contributed by atoms with van der Waals surface area (Å²) in [5.41, 5.74) is -9.29. The fourth-order valence-electron chi connectivity index (χ4n) is 10.7. The lowest BCUT2D eigenvalue weighted by Crippen LogP contribution is -2.92. The van der Waals surface area contributed by atoms with Gasteiger partial charge >= 0.3 is 5.97 Å². The summed E-state index contributed by atoms with van der Waals surface area (Å²) in [5, 5.41) is 0. The standard InChI is InChI=1S/C59H104NO10/c1-11-20-29-38-48(61)47-60(10,57(49(62)39-30-21-12-2,50(63)40-31-22-13-3)51(64)41-32-23-14-4)58(52(65)42-33-24-15-5,53(66)43-34-25-16-6)59(54(67)44-35-26-17-7,55(68)45-36-27-18-8)70-56(69)46-37-28-19-9/h11-47H2,1-10H3/q+1. The van der Waals surface area contributed by atoms with Gasteiger partial charge in [-0.05, 0) is 57.8 Å². The molecular formula is C59H104NO10+. The van der Waals surface area contributed by atoms with E-state index in [2.05, 4.69) is 0 Å². The van der Waals surface area contributed by atoms with Gasteiger partial charge in [-0.1, -0.05) is 178 Å². The molecule has 1 unspecified atom stereocenters. The van der Waals surface area contributed by atoms with Crippen LogP contribution >= 0.6 is 0 Å². The maximum Gasteiger partial charge on any atom is 0.307 e. The van der Waals surface area contributed by atoms with Gasteiger partial charge in [-0.25, -0.2) is 0 Å². The van der Waals surface area contributed by atoms with Gasteiger partial charge < -0.3 is 4.74 Å². The first-order valence-electron chi connectivity index (χ1n) is 28.9. The summed E-state index contributed by atoms with van der Waals surface area (Å²) in [6, 6.07) is 0. The van der Waals surface area contributed by atoms with Gasteiger partial charge in [0.05, 0.1) is 7.05 Å². The molecule has 0 fully saturated rings. The molecule has 0 saturated heterocycles. The molecule has 11 nitrogen and oxygen atoms in total. The van der Waals surface area contributed by atoms with Crippen LogP contribution in [0, 0.1) is 0 Å². The summed E-state index contributed by atoms with van der Waals surface area (Å²) in [4.78, 5) is 145. The first-order valence-corrected chi connectivity index (χ1v) is 28.9. The minimum Gasteiger partial charge on any atom is -0.435 e. The Balaban J connectivity index is 10.5. The molecule has 0 heterocycles. The number of quaternary nitrogens is 1. The lowest BCUT2D eigenvalue weighted by molar-refractivity contribution is -0.956. The Morgan fingerprint density at radius 1 is 0.314 bits per heavy atom. The van der Waals surface area contributed by atoms with Gasteiger partial charge in [0.1, 0.15) is 6.54 Å². The van der Waals surface area contributed by atoms with Crippen molar-refractivity contribution in [2.24, 2.45) is 0 Å².